The Morgan fingerprint density at radius 3 is 2.00 bits per heavy atom. The van der Waals surface area contributed by atoms with Crippen molar-refractivity contribution < 1.29 is 10.1 Å². The first-order valence-corrected chi connectivity index (χ1v) is 4.97. The summed E-state index contributed by atoms with van der Waals surface area (Å²) in [7, 11) is 0. The maximum atomic E-state index is 8.46. The molecule has 1 N–H and O–H groups in total. The lowest BCUT2D eigenvalue weighted by atomic mass is 10.00. The SMILES string of the molecule is C=C(c1ccccc1)c1ccc(OO)cc1. The normalized spacial score (nSPS) is 9.81. The molecular formula is C14H12O2. The van der Waals surface area contributed by atoms with Crippen molar-refractivity contribution in [1.29, 1.82) is 0 Å². The topological polar surface area (TPSA) is 29.5 Å². The van der Waals surface area contributed by atoms with E-state index in [2.05, 4.69) is 11.5 Å². The molecule has 0 atom stereocenters. The number of hydrogen-bond acceptors (Lipinski definition) is 2. The largest absolute Gasteiger partial charge is 0.340 e. The van der Waals surface area contributed by atoms with E-state index in [9.17, 15) is 0 Å². The highest BCUT2D eigenvalue weighted by Gasteiger charge is 2.01. The van der Waals surface area contributed by atoms with E-state index < -0.39 is 0 Å². The van der Waals surface area contributed by atoms with Gasteiger partial charge in [-0.25, -0.2) is 5.26 Å². The van der Waals surface area contributed by atoms with Crippen molar-refractivity contribution in [3.05, 3.63) is 72.3 Å². The number of hydrogen-bond donors (Lipinski definition) is 1. The molecule has 0 saturated carbocycles. The predicted molar refractivity (Wildman–Crippen MR) is 64.3 cm³/mol. The summed E-state index contributed by atoms with van der Waals surface area (Å²) in [5.74, 6) is 0.421. The lowest BCUT2D eigenvalue weighted by molar-refractivity contribution is -0.137. The van der Waals surface area contributed by atoms with E-state index in [0.717, 1.165) is 16.7 Å². The van der Waals surface area contributed by atoms with Gasteiger partial charge in [-0.2, -0.15) is 0 Å². The van der Waals surface area contributed by atoms with Gasteiger partial charge in [0, 0.05) is 0 Å². The Kier molecular flexibility index (Phi) is 3.03. The Labute approximate surface area is 94.4 Å². The summed E-state index contributed by atoms with van der Waals surface area (Å²) in [6, 6.07) is 17.1. The molecule has 0 unspecified atom stereocenters. The Hall–Kier alpha value is -2.06. The van der Waals surface area contributed by atoms with Gasteiger partial charge in [-0.15, -0.1) is 0 Å². The van der Waals surface area contributed by atoms with Gasteiger partial charge in [0.2, 0.25) is 0 Å². The van der Waals surface area contributed by atoms with Crippen LogP contribution in [0.4, 0.5) is 0 Å². The Balaban J connectivity index is 2.28. The van der Waals surface area contributed by atoms with Crippen LogP contribution in [0.2, 0.25) is 0 Å². The Bertz CT molecular complexity index is 472. The summed E-state index contributed by atoms with van der Waals surface area (Å²) in [6.45, 7) is 4.05. The van der Waals surface area contributed by atoms with Crippen LogP contribution in [0.1, 0.15) is 11.1 Å². The molecule has 0 spiro atoms. The minimum Gasteiger partial charge on any atom is -0.340 e. The summed E-state index contributed by atoms with van der Waals surface area (Å²) >= 11 is 0. The molecule has 0 fully saturated rings. The first kappa shape index (κ1) is 10.5. The zero-order chi connectivity index (χ0) is 11.4. The maximum absolute atomic E-state index is 8.46. The summed E-state index contributed by atoms with van der Waals surface area (Å²) in [5, 5.41) is 8.46. The molecule has 2 rings (SSSR count). The van der Waals surface area contributed by atoms with E-state index in [1.807, 2.05) is 42.5 Å². The van der Waals surface area contributed by atoms with Gasteiger partial charge >= 0.3 is 0 Å². The molecule has 0 amide bonds. The lowest BCUT2D eigenvalue weighted by Gasteiger charge is -2.06. The van der Waals surface area contributed by atoms with Crippen molar-refractivity contribution in [3.8, 4) is 5.75 Å². The van der Waals surface area contributed by atoms with Gasteiger partial charge in [-0.3, -0.25) is 0 Å². The minimum absolute atomic E-state index is 0.421. The van der Waals surface area contributed by atoms with Gasteiger partial charge < -0.3 is 4.89 Å². The maximum Gasteiger partial charge on any atom is 0.165 e. The average molecular weight is 212 g/mol. The highest BCUT2D eigenvalue weighted by molar-refractivity contribution is 5.78. The van der Waals surface area contributed by atoms with E-state index in [1.165, 1.54) is 0 Å². The first-order valence-electron chi connectivity index (χ1n) is 4.97. The van der Waals surface area contributed by atoms with Crippen LogP contribution in [0, 0.1) is 0 Å². The van der Waals surface area contributed by atoms with E-state index in [-0.39, 0.29) is 0 Å². The second kappa shape index (κ2) is 4.64. The van der Waals surface area contributed by atoms with Crippen molar-refractivity contribution >= 4 is 5.57 Å². The molecule has 0 aliphatic carbocycles. The highest BCUT2D eigenvalue weighted by Crippen LogP contribution is 2.23. The van der Waals surface area contributed by atoms with E-state index in [4.69, 9.17) is 5.26 Å². The molecule has 0 aromatic heterocycles. The van der Waals surface area contributed by atoms with Gasteiger partial charge in [0.25, 0.3) is 0 Å². The Morgan fingerprint density at radius 2 is 1.44 bits per heavy atom. The molecule has 0 aliphatic heterocycles. The van der Waals surface area contributed by atoms with Gasteiger partial charge in [-0.05, 0) is 28.8 Å². The highest BCUT2D eigenvalue weighted by atomic mass is 17.1. The van der Waals surface area contributed by atoms with Crippen LogP contribution in [-0.2, 0) is 0 Å². The molecule has 2 aromatic carbocycles. The lowest BCUT2D eigenvalue weighted by Crippen LogP contribution is -1.87. The summed E-state index contributed by atoms with van der Waals surface area (Å²) in [4.78, 5) is 4.12. The van der Waals surface area contributed by atoms with Crippen LogP contribution in [0.3, 0.4) is 0 Å². The van der Waals surface area contributed by atoms with E-state index in [1.54, 1.807) is 12.1 Å². The number of benzene rings is 2. The predicted octanol–water partition coefficient (Wildman–Crippen LogP) is 3.60. The van der Waals surface area contributed by atoms with Gasteiger partial charge in [0.1, 0.15) is 0 Å². The van der Waals surface area contributed by atoms with Crippen molar-refractivity contribution in [3.63, 3.8) is 0 Å². The van der Waals surface area contributed by atoms with Crippen LogP contribution in [0.25, 0.3) is 5.57 Å². The van der Waals surface area contributed by atoms with Crippen LogP contribution in [-0.4, -0.2) is 5.26 Å². The molecule has 2 nitrogen and oxygen atoms in total. The minimum atomic E-state index is 0.421. The van der Waals surface area contributed by atoms with Crippen LogP contribution in [0.15, 0.2) is 61.2 Å². The second-order valence-corrected chi connectivity index (χ2v) is 3.46. The van der Waals surface area contributed by atoms with Crippen LogP contribution < -0.4 is 4.89 Å². The molecule has 0 saturated heterocycles. The fourth-order valence-corrected chi connectivity index (χ4v) is 1.52. The molecule has 0 radical (unpaired) electrons. The molecule has 2 aromatic rings. The molecule has 16 heavy (non-hydrogen) atoms. The molecule has 0 aliphatic rings. The zero-order valence-corrected chi connectivity index (χ0v) is 8.76. The zero-order valence-electron chi connectivity index (χ0n) is 8.76. The summed E-state index contributed by atoms with van der Waals surface area (Å²) < 4.78 is 0. The third-order valence-electron chi connectivity index (χ3n) is 2.43. The first-order chi connectivity index (χ1) is 7.81. The molecule has 0 bridgehead atoms. The third-order valence-corrected chi connectivity index (χ3v) is 2.43. The molecular weight excluding hydrogens is 200 g/mol. The summed E-state index contributed by atoms with van der Waals surface area (Å²) in [6.07, 6.45) is 0. The fraction of sp³-hybridized carbons (Fsp3) is 0. The Morgan fingerprint density at radius 1 is 0.875 bits per heavy atom. The van der Waals surface area contributed by atoms with Crippen molar-refractivity contribution in [2.24, 2.45) is 0 Å². The van der Waals surface area contributed by atoms with E-state index >= 15 is 0 Å². The molecule has 80 valence electrons. The van der Waals surface area contributed by atoms with Crippen LogP contribution >= 0.6 is 0 Å². The van der Waals surface area contributed by atoms with Crippen LogP contribution in [0.5, 0.6) is 5.75 Å². The second-order valence-electron chi connectivity index (χ2n) is 3.46. The quantitative estimate of drug-likeness (QED) is 0.622. The number of rotatable bonds is 3. The van der Waals surface area contributed by atoms with Crippen molar-refractivity contribution in [2.45, 2.75) is 0 Å². The smallest absolute Gasteiger partial charge is 0.165 e. The molecule has 2 heteroatoms. The molecule has 0 heterocycles. The monoisotopic (exact) mass is 212 g/mol. The third kappa shape index (κ3) is 2.12. The standard InChI is InChI=1S/C14H12O2/c1-11(12-5-3-2-4-6-12)13-7-9-14(16-15)10-8-13/h2-10,15H,1H2. The van der Waals surface area contributed by atoms with Crippen molar-refractivity contribution in [2.75, 3.05) is 0 Å². The summed E-state index contributed by atoms with van der Waals surface area (Å²) in [5.41, 5.74) is 3.04. The van der Waals surface area contributed by atoms with Crippen molar-refractivity contribution in [1.82, 2.24) is 0 Å². The van der Waals surface area contributed by atoms with E-state index in [0.29, 0.717) is 5.75 Å². The van der Waals surface area contributed by atoms with Gasteiger partial charge in [-0.1, -0.05) is 49.0 Å². The average Bonchev–Trinajstić information content (AvgIpc) is 2.39. The fourth-order valence-electron chi connectivity index (χ4n) is 1.52. The van der Waals surface area contributed by atoms with Gasteiger partial charge in [0.15, 0.2) is 5.75 Å². The van der Waals surface area contributed by atoms with Gasteiger partial charge in [0.05, 0.1) is 0 Å².